The molecule has 0 unspecified atom stereocenters. The average Bonchev–Trinajstić information content (AvgIpc) is 2.53. The summed E-state index contributed by atoms with van der Waals surface area (Å²) in [5.74, 6) is 0.504. The maximum Gasteiger partial charge on any atom is 0.272 e. The van der Waals surface area contributed by atoms with Gasteiger partial charge < -0.3 is 0 Å². The van der Waals surface area contributed by atoms with Crippen LogP contribution in [0.1, 0.15) is 63.2 Å². The Morgan fingerprint density at radius 2 is 1.95 bits per heavy atom. The predicted octanol–water partition coefficient (Wildman–Crippen LogP) is 5.05. The summed E-state index contributed by atoms with van der Waals surface area (Å²) in [6.07, 6.45) is 5.45. The van der Waals surface area contributed by atoms with Gasteiger partial charge in [0.05, 0.1) is 10.6 Å². The summed E-state index contributed by atoms with van der Waals surface area (Å²) in [5, 5.41) is 4.75. The molecule has 1 aromatic carbocycles. The maximum absolute atomic E-state index is 12.1. The molecule has 1 aromatic rings. The smallest absolute Gasteiger partial charge is 0.267 e. The lowest BCUT2D eigenvalue weighted by Crippen LogP contribution is -2.29. The van der Waals surface area contributed by atoms with Crippen LogP contribution in [0.4, 0.5) is 0 Å². The number of carbonyl (C=O) groups excluding carboxylic acids is 1. The minimum atomic E-state index is -0.242. The SMILES string of the molecule is CCC(C)(C)C1CCC(=NNC(=O)c2ccccc2Cl)CC1. The fraction of sp³-hybridized carbons (Fsp3) is 0.556. The molecule has 22 heavy (non-hydrogen) atoms. The van der Waals surface area contributed by atoms with Crippen LogP contribution in [0.15, 0.2) is 29.4 Å². The number of hydrazone groups is 1. The summed E-state index contributed by atoms with van der Waals surface area (Å²) in [4.78, 5) is 12.1. The fourth-order valence-corrected chi connectivity index (χ4v) is 3.19. The minimum absolute atomic E-state index is 0.242. The molecule has 1 aliphatic carbocycles. The maximum atomic E-state index is 12.1. The lowest BCUT2D eigenvalue weighted by atomic mass is 9.69. The fourth-order valence-electron chi connectivity index (χ4n) is 2.97. The van der Waals surface area contributed by atoms with Crippen molar-refractivity contribution in [2.75, 3.05) is 0 Å². The highest BCUT2D eigenvalue weighted by molar-refractivity contribution is 6.33. The van der Waals surface area contributed by atoms with Gasteiger partial charge in [0.25, 0.3) is 5.91 Å². The normalized spacial score (nSPS) is 18.9. The first kappa shape index (κ1) is 17.0. The van der Waals surface area contributed by atoms with Gasteiger partial charge in [-0.2, -0.15) is 5.10 Å². The Morgan fingerprint density at radius 3 is 2.55 bits per heavy atom. The van der Waals surface area contributed by atoms with Gasteiger partial charge in [0, 0.05) is 5.71 Å². The first-order valence-corrected chi connectivity index (χ1v) is 8.42. The molecule has 120 valence electrons. The number of halogens is 1. The molecule has 0 aliphatic heterocycles. The second-order valence-corrected chi connectivity index (χ2v) is 7.12. The van der Waals surface area contributed by atoms with Gasteiger partial charge in [-0.05, 0) is 49.1 Å². The van der Waals surface area contributed by atoms with Crippen LogP contribution in [0.2, 0.25) is 5.02 Å². The van der Waals surface area contributed by atoms with Crippen molar-refractivity contribution in [3.05, 3.63) is 34.9 Å². The monoisotopic (exact) mass is 320 g/mol. The Morgan fingerprint density at radius 1 is 1.32 bits per heavy atom. The molecular formula is C18H25ClN2O. The standard InChI is InChI=1S/C18H25ClN2O/c1-4-18(2,3)13-9-11-14(12-10-13)20-21-17(22)15-7-5-6-8-16(15)19/h5-8,13H,4,9-12H2,1-3H3,(H,21,22). The van der Waals surface area contributed by atoms with E-state index in [1.165, 1.54) is 6.42 Å². The molecule has 1 saturated carbocycles. The Hall–Kier alpha value is -1.35. The molecule has 3 nitrogen and oxygen atoms in total. The van der Waals surface area contributed by atoms with E-state index in [0.29, 0.717) is 16.0 Å². The molecule has 1 aliphatic rings. The number of hydrogen-bond acceptors (Lipinski definition) is 2. The van der Waals surface area contributed by atoms with Gasteiger partial charge in [-0.25, -0.2) is 5.43 Å². The molecule has 0 radical (unpaired) electrons. The summed E-state index contributed by atoms with van der Waals surface area (Å²) >= 11 is 6.02. The molecule has 2 rings (SSSR count). The third-order valence-corrected chi connectivity index (χ3v) is 5.34. The average molecular weight is 321 g/mol. The van der Waals surface area contributed by atoms with Crippen LogP contribution >= 0.6 is 11.6 Å². The number of benzene rings is 1. The topological polar surface area (TPSA) is 41.5 Å². The zero-order valence-corrected chi connectivity index (χ0v) is 14.4. The van der Waals surface area contributed by atoms with Crippen molar-refractivity contribution in [1.82, 2.24) is 5.43 Å². The van der Waals surface area contributed by atoms with Gasteiger partial charge in [0.2, 0.25) is 0 Å². The van der Waals surface area contributed by atoms with Crippen LogP contribution in [0, 0.1) is 11.3 Å². The van der Waals surface area contributed by atoms with E-state index in [1.54, 1.807) is 18.2 Å². The summed E-state index contributed by atoms with van der Waals surface area (Å²) in [5.41, 5.74) is 4.59. The van der Waals surface area contributed by atoms with E-state index in [0.717, 1.165) is 37.3 Å². The third kappa shape index (κ3) is 4.10. The number of nitrogens with one attached hydrogen (secondary N) is 1. The summed E-state index contributed by atoms with van der Waals surface area (Å²) < 4.78 is 0. The van der Waals surface area contributed by atoms with Crippen molar-refractivity contribution in [2.24, 2.45) is 16.4 Å². The van der Waals surface area contributed by atoms with E-state index in [1.807, 2.05) is 6.07 Å². The summed E-state index contributed by atoms with van der Waals surface area (Å²) in [6.45, 7) is 6.95. The Labute approximate surface area is 138 Å². The molecule has 0 spiro atoms. The van der Waals surface area contributed by atoms with Gasteiger partial charge in [-0.15, -0.1) is 0 Å². The van der Waals surface area contributed by atoms with E-state index in [-0.39, 0.29) is 5.91 Å². The molecular weight excluding hydrogens is 296 g/mol. The molecule has 1 amide bonds. The first-order valence-electron chi connectivity index (χ1n) is 8.04. The predicted molar refractivity (Wildman–Crippen MR) is 92.4 cm³/mol. The Bertz CT molecular complexity index is 556. The molecule has 0 aromatic heterocycles. The number of rotatable bonds is 4. The van der Waals surface area contributed by atoms with Crippen molar-refractivity contribution in [2.45, 2.75) is 52.9 Å². The van der Waals surface area contributed by atoms with Crippen molar-refractivity contribution >= 4 is 23.2 Å². The van der Waals surface area contributed by atoms with Crippen LogP contribution in [0.3, 0.4) is 0 Å². The molecule has 1 N–H and O–H groups in total. The number of carbonyl (C=O) groups is 1. The van der Waals surface area contributed by atoms with E-state index in [9.17, 15) is 4.79 Å². The lowest BCUT2D eigenvalue weighted by molar-refractivity contribution is 0.0954. The zero-order chi connectivity index (χ0) is 16.2. The van der Waals surface area contributed by atoms with Crippen LogP contribution in [0.25, 0.3) is 0 Å². The van der Waals surface area contributed by atoms with Gasteiger partial charge in [-0.3, -0.25) is 4.79 Å². The first-order chi connectivity index (χ1) is 10.4. The minimum Gasteiger partial charge on any atom is -0.267 e. The van der Waals surface area contributed by atoms with Gasteiger partial charge in [0.15, 0.2) is 0 Å². The van der Waals surface area contributed by atoms with Crippen molar-refractivity contribution in [1.29, 1.82) is 0 Å². The van der Waals surface area contributed by atoms with E-state index >= 15 is 0 Å². The summed E-state index contributed by atoms with van der Waals surface area (Å²) in [6, 6.07) is 7.02. The highest BCUT2D eigenvalue weighted by atomic mass is 35.5. The highest BCUT2D eigenvalue weighted by Crippen LogP contribution is 2.39. The largest absolute Gasteiger partial charge is 0.272 e. The van der Waals surface area contributed by atoms with Crippen molar-refractivity contribution < 1.29 is 4.79 Å². The van der Waals surface area contributed by atoms with Gasteiger partial charge >= 0.3 is 0 Å². The van der Waals surface area contributed by atoms with Crippen LogP contribution in [0.5, 0.6) is 0 Å². The number of hydrogen-bond donors (Lipinski definition) is 1. The Kier molecular flexibility index (Phi) is 5.63. The third-order valence-electron chi connectivity index (χ3n) is 5.01. The molecule has 0 saturated heterocycles. The molecule has 0 heterocycles. The van der Waals surface area contributed by atoms with Crippen LogP contribution in [-0.4, -0.2) is 11.6 Å². The van der Waals surface area contributed by atoms with Crippen molar-refractivity contribution in [3.8, 4) is 0 Å². The number of nitrogens with zero attached hydrogens (tertiary/aromatic N) is 1. The second kappa shape index (κ2) is 7.28. The van der Waals surface area contributed by atoms with Gasteiger partial charge in [0.1, 0.15) is 0 Å². The quantitative estimate of drug-likeness (QED) is 0.775. The van der Waals surface area contributed by atoms with E-state index < -0.39 is 0 Å². The lowest BCUT2D eigenvalue weighted by Gasteiger charge is -2.36. The molecule has 0 bridgehead atoms. The Balaban J connectivity index is 1.91. The summed E-state index contributed by atoms with van der Waals surface area (Å²) in [7, 11) is 0. The molecule has 1 fully saturated rings. The van der Waals surface area contributed by atoms with Crippen LogP contribution in [-0.2, 0) is 0 Å². The van der Waals surface area contributed by atoms with Crippen LogP contribution < -0.4 is 5.43 Å². The van der Waals surface area contributed by atoms with Crippen molar-refractivity contribution in [3.63, 3.8) is 0 Å². The second-order valence-electron chi connectivity index (χ2n) is 6.72. The van der Waals surface area contributed by atoms with E-state index in [4.69, 9.17) is 11.6 Å². The zero-order valence-electron chi connectivity index (χ0n) is 13.7. The highest BCUT2D eigenvalue weighted by Gasteiger charge is 2.30. The number of amides is 1. The molecule has 4 heteroatoms. The van der Waals surface area contributed by atoms with E-state index in [2.05, 4.69) is 31.3 Å². The van der Waals surface area contributed by atoms with Gasteiger partial charge in [-0.1, -0.05) is 50.9 Å². The molecule has 0 atom stereocenters.